The summed E-state index contributed by atoms with van der Waals surface area (Å²) in [5.74, 6) is 1.03. The third-order valence-corrected chi connectivity index (χ3v) is 3.38. The summed E-state index contributed by atoms with van der Waals surface area (Å²) in [6.07, 6.45) is 4.97. The van der Waals surface area contributed by atoms with Crippen molar-refractivity contribution in [3.05, 3.63) is 52.6 Å². The van der Waals surface area contributed by atoms with E-state index in [2.05, 4.69) is 34.8 Å². The first kappa shape index (κ1) is 14.1. The second kappa shape index (κ2) is 6.22. The van der Waals surface area contributed by atoms with Gasteiger partial charge in [-0.05, 0) is 43.7 Å². The van der Waals surface area contributed by atoms with E-state index in [1.165, 1.54) is 0 Å². The summed E-state index contributed by atoms with van der Waals surface area (Å²) in [7, 11) is 1.95. The minimum Gasteiger partial charge on any atom is -0.333 e. The molecule has 1 unspecified atom stereocenters. The van der Waals surface area contributed by atoms with E-state index in [-0.39, 0.29) is 6.04 Å². The van der Waals surface area contributed by atoms with Crippen LogP contribution in [-0.4, -0.2) is 16.6 Å². The molecule has 2 aromatic rings. The lowest BCUT2D eigenvalue weighted by Gasteiger charge is -2.18. The second-order valence-corrected chi connectivity index (χ2v) is 5.20. The number of benzene rings is 1. The highest BCUT2D eigenvalue weighted by atomic mass is 35.5. The zero-order valence-corrected chi connectivity index (χ0v) is 12.4. The van der Waals surface area contributed by atoms with E-state index >= 15 is 0 Å². The number of halogens is 1. The van der Waals surface area contributed by atoms with Gasteiger partial charge >= 0.3 is 0 Å². The van der Waals surface area contributed by atoms with Crippen molar-refractivity contribution in [3.63, 3.8) is 0 Å². The molecule has 1 aromatic carbocycles. The van der Waals surface area contributed by atoms with Gasteiger partial charge in [-0.1, -0.05) is 24.6 Å². The van der Waals surface area contributed by atoms with Crippen LogP contribution < -0.4 is 5.32 Å². The van der Waals surface area contributed by atoms with Gasteiger partial charge in [-0.2, -0.15) is 0 Å². The molecular weight excluding hydrogens is 258 g/mol. The van der Waals surface area contributed by atoms with E-state index in [1.54, 1.807) is 0 Å². The molecule has 4 heteroatoms. The molecule has 0 aliphatic carbocycles. The number of nitrogens with zero attached hydrogens (tertiary/aromatic N) is 2. The van der Waals surface area contributed by atoms with Crippen LogP contribution in [0.3, 0.4) is 0 Å². The van der Waals surface area contributed by atoms with E-state index in [0.29, 0.717) is 0 Å². The Balaban J connectivity index is 2.40. The topological polar surface area (TPSA) is 29.9 Å². The van der Waals surface area contributed by atoms with Gasteiger partial charge in [0.15, 0.2) is 0 Å². The standard InChI is InChI=1S/C15H20ClN3/c1-4-6-19-7-5-18-15(19)14(17-3)12-8-11(2)9-13(16)10-12/h5,7-10,14,17H,4,6H2,1-3H3. The Bertz CT molecular complexity index is 528. The molecule has 0 radical (unpaired) electrons. The maximum Gasteiger partial charge on any atom is 0.130 e. The van der Waals surface area contributed by atoms with Gasteiger partial charge in [0, 0.05) is 24.0 Å². The number of hydrogen-bond acceptors (Lipinski definition) is 2. The fourth-order valence-electron chi connectivity index (χ4n) is 2.39. The minimum absolute atomic E-state index is 0.0685. The molecule has 0 saturated heterocycles. The molecule has 0 aliphatic heterocycles. The first-order chi connectivity index (χ1) is 9.15. The molecule has 0 spiro atoms. The summed E-state index contributed by atoms with van der Waals surface area (Å²) in [5, 5.41) is 4.10. The van der Waals surface area contributed by atoms with Crippen LogP contribution in [0.25, 0.3) is 0 Å². The molecule has 0 saturated carbocycles. The number of rotatable bonds is 5. The Labute approximate surface area is 119 Å². The molecule has 19 heavy (non-hydrogen) atoms. The molecule has 1 aromatic heterocycles. The van der Waals surface area contributed by atoms with Gasteiger partial charge in [0.05, 0.1) is 6.04 Å². The maximum absolute atomic E-state index is 6.16. The van der Waals surface area contributed by atoms with Gasteiger partial charge in [-0.3, -0.25) is 0 Å². The number of hydrogen-bond donors (Lipinski definition) is 1. The summed E-state index contributed by atoms with van der Waals surface area (Å²) in [6.45, 7) is 5.20. The lowest BCUT2D eigenvalue weighted by Crippen LogP contribution is -2.22. The third kappa shape index (κ3) is 3.17. The molecule has 0 fully saturated rings. The molecule has 3 nitrogen and oxygen atoms in total. The van der Waals surface area contributed by atoms with Crippen molar-refractivity contribution in [2.45, 2.75) is 32.9 Å². The summed E-state index contributed by atoms with van der Waals surface area (Å²) >= 11 is 6.16. The summed E-state index contributed by atoms with van der Waals surface area (Å²) < 4.78 is 2.19. The molecule has 1 N–H and O–H groups in total. The Morgan fingerprint density at radius 3 is 2.79 bits per heavy atom. The normalized spacial score (nSPS) is 12.6. The van der Waals surface area contributed by atoms with E-state index in [4.69, 9.17) is 11.6 Å². The number of imidazole rings is 1. The Morgan fingerprint density at radius 2 is 2.16 bits per heavy atom. The average molecular weight is 278 g/mol. The van der Waals surface area contributed by atoms with Crippen molar-refractivity contribution in [1.29, 1.82) is 0 Å². The molecule has 0 bridgehead atoms. The minimum atomic E-state index is 0.0685. The monoisotopic (exact) mass is 277 g/mol. The van der Waals surface area contributed by atoms with Gasteiger partial charge in [0.2, 0.25) is 0 Å². The highest BCUT2D eigenvalue weighted by molar-refractivity contribution is 6.30. The van der Waals surface area contributed by atoms with Crippen LogP contribution in [-0.2, 0) is 6.54 Å². The van der Waals surface area contributed by atoms with Crippen molar-refractivity contribution in [1.82, 2.24) is 14.9 Å². The number of nitrogens with one attached hydrogen (secondary N) is 1. The zero-order valence-electron chi connectivity index (χ0n) is 11.7. The summed E-state index contributed by atoms with van der Waals surface area (Å²) in [6, 6.07) is 6.19. The quantitative estimate of drug-likeness (QED) is 0.906. The van der Waals surface area contributed by atoms with Gasteiger partial charge in [-0.25, -0.2) is 4.98 Å². The van der Waals surface area contributed by atoms with Crippen LogP contribution in [0, 0.1) is 6.92 Å². The average Bonchev–Trinajstić information content (AvgIpc) is 2.78. The van der Waals surface area contributed by atoms with Crippen LogP contribution in [0.1, 0.15) is 36.3 Å². The highest BCUT2D eigenvalue weighted by Gasteiger charge is 2.17. The van der Waals surface area contributed by atoms with Gasteiger partial charge in [0.25, 0.3) is 0 Å². The lowest BCUT2D eigenvalue weighted by atomic mass is 10.0. The number of aryl methyl sites for hydroxylation is 2. The Kier molecular flexibility index (Phi) is 4.61. The van der Waals surface area contributed by atoms with Crippen LogP contribution in [0.15, 0.2) is 30.6 Å². The second-order valence-electron chi connectivity index (χ2n) is 4.76. The van der Waals surface area contributed by atoms with E-state index < -0.39 is 0 Å². The van der Waals surface area contributed by atoms with Gasteiger partial charge < -0.3 is 9.88 Å². The van der Waals surface area contributed by atoms with Crippen molar-refractivity contribution in [3.8, 4) is 0 Å². The smallest absolute Gasteiger partial charge is 0.130 e. The molecule has 1 atom stereocenters. The van der Waals surface area contributed by atoms with Gasteiger partial charge in [-0.15, -0.1) is 0 Å². The SMILES string of the molecule is CCCn1ccnc1C(NC)c1cc(C)cc(Cl)c1. The highest BCUT2D eigenvalue weighted by Crippen LogP contribution is 2.25. The first-order valence-electron chi connectivity index (χ1n) is 6.61. The van der Waals surface area contributed by atoms with Crippen molar-refractivity contribution in [2.75, 3.05) is 7.05 Å². The van der Waals surface area contributed by atoms with Crippen molar-refractivity contribution >= 4 is 11.6 Å². The van der Waals surface area contributed by atoms with Crippen molar-refractivity contribution < 1.29 is 0 Å². The Morgan fingerprint density at radius 1 is 1.37 bits per heavy atom. The molecule has 0 amide bonds. The van der Waals surface area contributed by atoms with E-state index in [1.807, 2.05) is 31.6 Å². The third-order valence-electron chi connectivity index (χ3n) is 3.16. The predicted octanol–water partition coefficient (Wildman–Crippen LogP) is 3.56. The molecule has 2 rings (SSSR count). The largest absolute Gasteiger partial charge is 0.333 e. The van der Waals surface area contributed by atoms with Crippen LogP contribution in [0.5, 0.6) is 0 Å². The molecular formula is C15H20ClN3. The fourth-order valence-corrected chi connectivity index (χ4v) is 2.69. The molecule has 1 heterocycles. The van der Waals surface area contributed by atoms with Crippen LogP contribution in [0.4, 0.5) is 0 Å². The molecule has 102 valence electrons. The first-order valence-corrected chi connectivity index (χ1v) is 6.99. The van der Waals surface area contributed by atoms with Gasteiger partial charge in [0.1, 0.15) is 5.82 Å². The van der Waals surface area contributed by atoms with E-state index in [9.17, 15) is 0 Å². The van der Waals surface area contributed by atoms with E-state index in [0.717, 1.165) is 34.9 Å². The summed E-state index contributed by atoms with van der Waals surface area (Å²) in [5.41, 5.74) is 2.31. The zero-order chi connectivity index (χ0) is 13.8. The Hall–Kier alpha value is -1.32. The molecule has 0 aliphatic rings. The predicted molar refractivity (Wildman–Crippen MR) is 79.6 cm³/mol. The van der Waals surface area contributed by atoms with Crippen LogP contribution in [0.2, 0.25) is 5.02 Å². The fraction of sp³-hybridized carbons (Fsp3) is 0.400. The lowest BCUT2D eigenvalue weighted by molar-refractivity contribution is 0.568. The van der Waals surface area contributed by atoms with Crippen molar-refractivity contribution in [2.24, 2.45) is 0 Å². The summed E-state index contributed by atoms with van der Waals surface area (Å²) in [4.78, 5) is 4.50. The maximum atomic E-state index is 6.16. The van der Waals surface area contributed by atoms with Crippen LogP contribution >= 0.6 is 11.6 Å². The number of aromatic nitrogens is 2.